The van der Waals surface area contributed by atoms with E-state index in [0.717, 1.165) is 57.9 Å². The molecular weight excluding hydrogens is 660 g/mol. The number of rotatable bonds is 31. The van der Waals surface area contributed by atoms with Crippen molar-refractivity contribution in [2.24, 2.45) is 11.8 Å². The van der Waals surface area contributed by atoms with Gasteiger partial charge < -0.3 is 21.4 Å². The molecule has 6 nitrogen and oxygen atoms in total. The van der Waals surface area contributed by atoms with Gasteiger partial charge in [0.05, 0.1) is 0 Å². The summed E-state index contributed by atoms with van der Waals surface area (Å²) in [6.45, 7) is 18.1. The fourth-order valence-electron chi connectivity index (χ4n) is 5.19. The Balaban J connectivity index is -0.000000213. The van der Waals surface area contributed by atoms with Crippen molar-refractivity contribution in [3.05, 3.63) is 18.6 Å². The molecule has 0 aromatic heterocycles. The molecule has 0 radical (unpaired) electrons. The Kier molecular flexibility index (Phi) is 63.6. The van der Waals surface area contributed by atoms with Crippen molar-refractivity contribution in [1.82, 2.24) is 0 Å². The molecule has 7 heteroatoms. The van der Waals surface area contributed by atoms with Gasteiger partial charge in [-0.2, -0.15) is 19.4 Å². The molecule has 0 unspecified atom stereocenters. The van der Waals surface area contributed by atoms with Crippen LogP contribution in [0, 0.1) is 18.3 Å². The summed E-state index contributed by atoms with van der Waals surface area (Å²) in [5.74, 6) is 0.424. The summed E-state index contributed by atoms with van der Waals surface area (Å²) < 4.78 is 8.25. The molecule has 296 valence electrons. The van der Waals surface area contributed by atoms with Gasteiger partial charge in [0.1, 0.15) is 0 Å². The molecule has 0 aromatic rings. The zero-order valence-corrected chi connectivity index (χ0v) is 35.8. The third kappa shape index (κ3) is 81.1. The van der Waals surface area contributed by atoms with E-state index in [2.05, 4.69) is 34.3 Å². The van der Waals surface area contributed by atoms with E-state index < -0.39 is 11.9 Å². The SMILES string of the molecule is C=C(C)[C-]=O.CC(C)CCCCCCCCCCCCCCC(=O)O.CC(C)CCCCCCCCCCCCCCC(=O)O.C[CH-]C.[O]=[Ti+2]. The van der Waals surface area contributed by atoms with Crippen LogP contribution in [0.4, 0.5) is 0 Å². The van der Waals surface area contributed by atoms with Crippen LogP contribution in [0.25, 0.3) is 0 Å². The number of unbranched alkanes of at least 4 members (excludes halogenated alkanes) is 22. The van der Waals surface area contributed by atoms with Crippen LogP contribution >= 0.6 is 0 Å². The minimum absolute atomic E-state index is 0.344. The summed E-state index contributed by atoms with van der Waals surface area (Å²) in [4.78, 5) is 29.9. The van der Waals surface area contributed by atoms with E-state index in [0.29, 0.717) is 18.4 Å². The average Bonchev–Trinajstić information content (AvgIpc) is 3.06. The Morgan fingerprint density at radius 2 is 0.680 bits per heavy atom. The molecular formula is C43H84O6Ti. The van der Waals surface area contributed by atoms with Crippen molar-refractivity contribution in [1.29, 1.82) is 0 Å². The fraction of sp³-hybridized carbons (Fsp3) is 0.860. The van der Waals surface area contributed by atoms with Gasteiger partial charge in [-0.3, -0.25) is 9.59 Å². The molecule has 0 aliphatic carbocycles. The zero-order valence-electron chi connectivity index (χ0n) is 34.3. The van der Waals surface area contributed by atoms with Gasteiger partial charge in [0, 0.05) is 12.8 Å². The van der Waals surface area contributed by atoms with Gasteiger partial charge in [0.15, 0.2) is 0 Å². The molecule has 0 heterocycles. The number of hydrogen-bond acceptors (Lipinski definition) is 4. The van der Waals surface area contributed by atoms with E-state index >= 15 is 0 Å². The van der Waals surface area contributed by atoms with E-state index in [1.165, 1.54) is 141 Å². The molecule has 0 aliphatic heterocycles. The predicted octanol–water partition coefficient (Wildman–Crippen LogP) is 14.2. The van der Waals surface area contributed by atoms with E-state index in [9.17, 15) is 14.4 Å². The van der Waals surface area contributed by atoms with Gasteiger partial charge >= 0.3 is 35.7 Å². The first-order chi connectivity index (χ1) is 23.9. The standard InChI is InChI=1S/2C18H36O2.C4H5O.C3H7.O.Ti/c2*1-17(2)15-13-11-9-7-5-3-4-6-8-10-12-14-16-18(19)20;1-4(2)3-5;1-3-2;;/h2*17H,3-16H2,1-2H3,(H,19,20);1H2,2H3;3H,1-2H3;;/q;;2*-1;;+2. The second-order valence-electron chi connectivity index (χ2n) is 14.6. The number of carbonyl (C=O) groups is 2. The summed E-state index contributed by atoms with van der Waals surface area (Å²) in [7, 11) is 0. The molecule has 0 saturated heterocycles. The molecule has 2 N–H and O–H groups in total. The van der Waals surface area contributed by atoms with Gasteiger partial charge in [-0.25, -0.2) is 6.58 Å². The van der Waals surface area contributed by atoms with E-state index in [-0.39, 0.29) is 0 Å². The van der Waals surface area contributed by atoms with Crippen molar-refractivity contribution < 1.29 is 48.3 Å². The molecule has 0 aromatic carbocycles. The zero-order chi connectivity index (χ0) is 39.1. The van der Waals surface area contributed by atoms with Gasteiger partial charge in [0.2, 0.25) is 0 Å². The molecule has 0 spiro atoms. The van der Waals surface area contributed by atoms with Crippen LogP contribution < -0.4 is 0 Å². The molecule has 0 atom stereocenters. The average molecular weight is 745 g/mol. The van der Waals surface area contributed by atoms with Crippen LogP contribution in [0.15, 0.2) is 12.2 Å². The van der Waals surface area contributed by atoms with Crippen LogP contribution in [0.1, 0.15) is 228 Å². The third-order valence-electron chi connectivity index (χ3n) is 8.02. The number of aliphatic carboxylic acids is 2. The number of carboxylic acid groups (broad SMARTS) is 2. The summed E-state index contributed by atoms with van der Waals surface area (Å²) >= 11 is 0.750. The quantitative estimate of drug-likeness (QED) is 0.0317. The molecule has 0 saturated carbocycles. The summed E-state index contributed by atoms with van der Waals surface area (Å²) in [6, 6.07) is 0. The third-order valence-corrected chi connectivity index (χ3v) is 8.02. The second-order valence-corrected chi connectivity index (χ2v) is 14.6. The molecule has 0 bridgehead atoms. The van der Waals surface area contributed by atoms with Crippen molar-refractivity contribution in [3.8, 4) is 0 Å². The number of carboxylic acids is 2. The normalized spacial score (nSPS) is 10.1. The first kappa shape index (κ1) is 58.2. The van der Waals surface area contributed by atoms with Gasteiger partial charge in [-0.1, -0.05) is 189 Å². The van der Waals surface area contributed by atoms with Crippen molar-refractivity contribution in [2.45, 2.75) is 228 Å². The second kappa shape index (κ2) is 54.6. The Morgan fingerprint density at radius 3 is 0.820 bits per heavy atom. The predicted molar refractivity (Wildman–Crippen MR) is 211 cm³/mol. The topological polar surface area (TPSA) is 109 Å². The van der Waals surface area contributed by atoms with Crippen molar-refractivity contribution >= 4 is 18.2 Å². The van der Waals surface area contributed by atoms with E-state index in [4.69, 9.17) is 13.5 Å². The Labute approximate surface area is 323 Å². The summed E-state index contributed by atoms with van der Waals surface area (Å²) in [5, 5.41) is 17.0. The molecule has 0 amide bonds. The van der Waals surface area contributed by atoms with Gasteiger partial charge in [0.25, 0.3) is 0 Å². The van der Waals surface area contributed by atoms with Gasteiger partial charge in [-0.05, 0) is 31.0 Å². The number of carbonyl (C=O) groups excluding carboxylic acids is 1. The molecule has 0 rings (SSSR count). The molecule has 0 fully saturated rings. The van der Waals surface area contributed by atoms with Crippen LogP contribution in [0.3, 0.4) is 0 Å². The van der Waals surface area contributed by atoms with Crippen molar-refractivity contribution in [2.75, 3.05) is 0 Å². The van der Waals surface area contributed by atoms with E-state index in [1.54, 1.807) is 13.2 Å². The maximum atomic E-state index is 10.3. The van der Waals surface area contributed by atoms with Crippen LogP contribution in [0.5, 0.6) is 0 Å². The van der Waals surface area contributed by atoms with Crippen LogP contribution in [0.2, 0.25) is 0 Å². The summed E-state index contributed by atoms with van der Waals surface area (Å²) in [5.41, 5.74) is 0.449. The Hall–Kier alpha value is -1.14. The Morgan fingerprint density at radius 1 is 0.520 bits per heavy atom. The summed E-state index contributed by atoms with van der Waals surface area (Å²) in [6.07, 6.45) is 38.2. The molecule has 0 aliphatic rings. The first-order valence-corrected chi connectivity index (χ1v) is 21.0. The maximum absolute atomic E-state index is 10.3. The van der Waals surface area contributed by atoms with Crippen LogP contribution in [-0.2, 0) is 38.1 Å². The number of hydrogen-bond donors (Lipinski definition) is 2. The first-order valence-electron chi connectivity index (χ1n) is 20.4. The van der Waals surface area contributed by atoms with E-state index in [1.807, 2.05) is 20.3 Å². The fourth-order valence-corrected chi connectivity index (χ4v) is 5.19. The van der Waals surface area contributed by atoms with Gasteiger partial charge in [-0.15, -0.1) is 0 Å². The van der Waals surface area contributed by atoms with Crippen molar-refractivity contribution in [3.63, 3.8) is 0 Å². The monoisotopic (exact) mass is 745 g/mol. The van der Waals surface area contributed by atoms with Crippen LogP contribution in [-0.4, -0.2) is 28.4 Å². The minimum atomic E-state index is -0.654. The molecule has 50 heavy (non-hydrogen) atoms. The Bertz CT molecular complexity index is 634. The number of allylic oxidation sites excluding steroid dienone is 1.